The predicted octanol–water partition coefficient (Wildman–Crippen LogP) is 4.65. The number of carboxylic acids is 1. The summed E-state index contributed by atoms with van der Waals surface area (Å²) in [4.78, 5) is 25.0. The summed E-state index contributed by atoms with van der Waals surface area (Å²) in [5.74, 6) is -0.348. The predicted molar refractivity (Wildman–Crippen MR) is 117 cm³/mol. The van der Waals surface area contributed by atoms with Gasteiger partial charge in [-0.2, -0.15) is 0 Å². The lowest BCUT2D eigenvalue weighted by Gasteiger charge is -2.17. The first kappa shape index (κ1) is 23.3. The number of aliphatic carboxylic acids is 1. The second-order valence-corrected chi connectivity index (χ2v) is 7.00. The number of carbonyl (C=O) groups is 2. The first-order valence-electron chi connectivity index (χ1n) is 9.67. The van der Waals surface area contributed by atoms with Crippen molar-refractivity contribution < 1.29 is 24.2 Å². The quantitative estimate of drug-likeness (QED) is 0.554. The van der Waals surface area contributed by atoms with E-state index in [1.807, 2.05) is 39.0 Å². The molecule has 0 radical (unpaired) electrons. The molecule has 0 saturated carbocycles. The van der Waals surface area contributed by atoms with Crippen LogP contribution in [0.5, 0.6) is 11.5 Å². The van der Waals surface area contributed by atoms with Crippen LogP contribution < -0.4 is 9.47 Å². The number of carbonyl (C=O) groups excluding carboxylic acids is 1. The third-order valence-corrected chi connectivity index (χ3v) is 4.83. The number of nitrogens with zero attached hydrogens (tertiary/aromatic N) is 1. The lowest BCUT2D eigenvalue weighted by Crippen LogP contribution is -2.28. The molecule has 160 valence electrons. The van der Waals surface area contributed by atoms with E-state index in [1.54, 1.807) is 35.2 Å². The molecule has 0 aliphatic carbocycles. The fourth-order valence-electron chi connectivity index (χ4n) is 2.78. The van der Waals surface area contributed by atoms with Gasteiger partial charge in [0.2, 0.25) is 5.91 Å². The smallest absolute Gasteiger partial charge is 0.341 e. The molecule has 2 aromatic carbocycles. The van der Waals surface area contributed by atoms with Crippen LogP contribution in [0.15, 0.2) is 48.5 Å². The second kappa shape index (κ2) is 11.3. The van der Waals surface area contributed by atoms with E-state index in [0.717, 1.165) is 11.1 Å². The number of allylic oxidation sites excluding steroid dienone is 1. The van der Waals surface area contributed by atoms with Gasteiger partial charge in [0.25, 0.3) is 0 Å². The largest absolute Gasteiger partial charge is 0.489 e. The first-order valence-corrected chi connectivity index (χ1v) is 10.0. The molecule has 0 heterocycles. The van der Waals surface area contributed by atoms with Crippen molar-refractivity contribution >= 4 is 29.1 Å². The molecular weight excluding hydrogens is 406 g/mol. The van der Waals surface area contributed by atoms with E-state index >= 15 is 0 Å². The number of amides is 1. The minimum absolute atomic E-state index is 0.0899. The SMILES string of the molecule is CCN(CC)C(=O)/C=C(/C)c1cc(OCC(=O)O)cc(OCc2ccccc2Cl)c1. The van der Waals surface area contributed by atoms with Crippen molar-refractivity contribution in [2.24, 2.45) is 0 Å². The molecule has 0 saturated heterocycles. The van der Waals surface area contributed by atoms with Gasteiger partial charge in [-0.05, 0) is 50.1 Å². The van der Waals surface area contributed by atoms with Crippen molar-refractivity contribution in [1.29, 1.82) is 0 Å². The number of halogens is 1. The van der Waals surface area contributed by atoms with Gasteiger partial charge in [-0.1, -0.05) is 29.8 Å². The molecule has 1 amide bonds. The maximum atomic E-state index is 12.4. The molecule has 30 heavy (non-hydrogen) atoms. The Hall–Kier alpha value is -2.99. The molecule has 0 spiro atoms. The molecule has 0 aliphatic heterocycles. The number of likely N-dealkylation sites (N-methyl/N-ethyl adjacent to an activating group) is 1. The van der Waals surface area contributed by atoms with Crippen molar-refractivity contribution in [1.82, 2.24) is 4.90 Å². The maximum Gasteiger partial charge on any atom is 0.341 e. The third-order valence-electron chi connectivity index (χ3n) is 4.46. The average molecular weight is 432 g/mol. The van der Waals surface area contributed by atoms with E-state index < -0.39 is 12.6 Å². The lowest BCUT2D eigenvalue weighted by molar-refractivity contribution is -0.139. The zero-order valence-corrected chi connectivity index (χ0v) is 18.1. The molecule has 0 aromatic heterocycles. The van der Waals surface area contributed by atoms with Gasteiger partial charge >= 0.3 is 5.97 Å². The van der Waals surface area contributed by atoms with Crippen LogP contribution in [0.3, 0.4) is 0 Å². The Balaban J connectivity index is 2.30. The number of ether oxygens (including phenoxy) is 2. The van der Waals surface area contributed by atoms with Crippen LogP contribution in [0.2, 0.25) is 5.02 Å². The van der Waals surface area contributed by atoms with Crippen molar-refractivity contribution in [2.45, 2.75) is 27.4 Å². The third kappa shape index (κ3) is 6.81. The number of hydrogen-bond donors (Lipinski definition) is 1. The lowest BCUT2D eigenvalue weighted by atomic mass is 10.1. The Labute approximate surface area is 181 Å². The van der Waals surface area contributed by atoms with Crippen LogP contribution >= 0.6 is 11.6 Å². The molecule has 2 rings (SSSR count). The summed E-state index contributed by atoms with van der Waals surface area (Å²) in [5, 5.41) is 9.50. The van der Waals surface area contributed by atoms with Gasteiger partial charge in [0.05, 0.1) is 0 Å². The van der Waals surface area contributed by atoms with Crippen LogP contribution in [0.25, 0.3) is 5.57 Å². The first-order chi connectivity index (χ1) is 14.3. The number of benzene rings is 2. The highest BCUT2D eigenvalue weighted by Gasteiger charge is 2.11. The van der Waals surface area contributed by atoms with E-state index in [1.165, 1.54) is 0 Å². The van der Waals surface area contributed by atoms with Gasteiger partial charge in [0, 0.05) is 35.8 Å². The Morgan fingerprint density at radius 3 is 2.30 bits per heavy atom. The maximum absolute atomic E-state index is 12.4. The molecule has 0 aliphatic rings. The van der Waals surface area contributed by atoms with Crippen LogP contribution in [-0.4, -0.2) is 41.6 Å². The summed E-state index contributed by atoms with van der Waals surface area (Å²) >= 11 is 6.18. The van der Waals surface area contributed by atoms with Crippen LogP contribution in [0.1, 0.15) is 31.9 Å². The van der Waals surface area contributed by atoms with E-state index in [2.05, 4.69) is 0 Å². The van der Waals surface area contributed by atoms with Gasteiger partial charge < -0.3 is 19.5 Å². The highest BCUT2D eigenvalue weighted by molar-refractivity contribution is 6.31. The summed E-state index contributed by atoms with van der Waals surface area (Å²) in [6.45, 7) is 6.66. The van der Waals surface area contributed by atoms with Crippen molar-refractivity contribution in [2.75, 3.05) is 19.7 Å². The molecule has 1 N–H and O–H groups in total. The zero-order valence-electron chi connectivity index (χ0n) is 17.4. The Morgan fingerprint density at radius 2 is 1.70 bits per heavy atom. The van der Waals surface area contributed by atoms with Gasteiger partial charge in [-0.25, -0.2) is 4.79 Å². The topological polar surface area (TPSA) is 76.1 Å². The Kier molecular flexibility index (Phi) is 8.74. The summed E-state index contributed by atoms with van der Waals surface area (Å²) in [6, 6.07) is 12.4. The number of rotatable bonds is 10. The minimum atomic E-state index is -1.08. The second-order valence-electron chi connectivity index (χ2n) is 6.59. The normalized spacial score (nSPS) is 11.1. The zero-order chi connectivity index (χ0) is 22.1. The van der Waals surface area contributed by atoms with Crippen LogP contribution in [-0.2, 0) is 16.2 Å². The Bertz CT molecular complexity index is 922. The molecule has 0 bridgehead atoms. The van der Waals surface area contributed by atoms with Gasteiger partial charge in [-0.3, -0.25) is 4.79 Å². The fourth-order valence-corrected chi connectivity index (χ4v) is 2.97. The van der Waals surface area contributed by atoms with Gasteiger partial charge in [-0.15, -0.1) is 0 Å². The van der Waals surface area contributed by atoms with Crippen molar-refractivity contribution in [3.8, 4) is 11.5 Å². The molecule has 0 atom stereocenters. The van der Waals surface area contributed by atoms with Crippen molar-refractivity contribution in [3.05, 3.63) is 64.7 Å². The van der Waals surface area contributed by atoms with Crippen LogP contribution in [0, 0.1) is 0 Å². The molecular formula is C23H26ClNO5. The monoisotopic (exact) mass is 431 g/mol. The summed E-state index contributed by atoms with van der Waals surface area (Å²) in [7, 11) is 0. The molecule has 7 heteroatoms. The molecule has 2 aromatic rings. The van der Waals surface area contributed by atoms with E-state index in [0.29, 0.717) is 35.2 Å². The van der Waals surface area contributed by atoms with Gasteiger partial charge in [0.15, 0.2) is 6.61 Å². The summed E-state index contributed by atoms with van der Waals surface area (Å²) < 4.78 is 11.2. The van der Waals surface area contributed by atoms with E-state index in [4.69, 9.17) is 26.2 Å². The fraction of sp³-hybridized carbons (Fsp3) is 0.304. The summed E-state index contributed by atoms with van der Waals surface area (Å²) in [5.41, 5.74) is 2.24. The number of carboxylic acid groups (broad SMARTS) is 1. The van der Waals surface area contributed by atoms with Crippen molar-refractivity contribution in [3.63, 3.8) is 0 Å². The van der Waals surface area contributed by atoms with Gasteiger partial charge in [0.1, 0.15) is 18.1 Å². The Morgan fingerprint density at radius 1 is 1.07 bits per heavy atom. The van der Waals surface area contributed by atoms with E-state index in [9.17, 15) is 9.59 Å². The standard InChI is InChI=1S/C23H26ClNO5/c1-4-25(5-2)22(26)10-16(3)18-11-19(13-20(12-18)30-15-23(27)28)29-14-17-8-6-7-9-21(17)24/h6-13H,4-5,14-15H2,1-3H3,(H,27,28)/b16-10-. The molecule has 0 fully saturated rings. The summed E-state index contributed by atoms with van der Waals surface area (Å²) in [6.07, 6.45) is 1.56. The molecule has 6 nitrogen and oxygen atoms in total. The minimum Gasteiger partial charge on any atom is -0.489 e. The average Bonchev–Trinajstić information content (AvgIpc) is 2.72. The van der Waals surface area contributed by atoms with E-state index in [-0.39, 0.29) is 12.5 Å². The number of hydrogen-bond acceptors (Lipinski definition) is 4. The molecule has 0 unspecified atom stereocenters. The highest BCUT2D eigenvalue weighted by atomic mass is 35.5. The highest BCUT2D eigenvalue weighted by Crippen LogP contribution is 2.28. The van der Waals surface area contributed by atoms with Crippen LogP contribution in [0.4, 0.5) is 0 Å².